The maximum absolute atomic E-state index is 11.9. The molecule has 1 N–H and O–H groups in total. The molecule has 5 heteroatoms. The van der Waals surface area contributed by atoms with Gasteiger partial charge in [0.1, 0.15) is 5.82 Å². The Balaban J connectivity index is 1.83. The summed E-state index contributed by atoms with van der Waals surface area (Å²) in [5.41, 5.74) is 2.24. The van der Waals surface area contributed by atoms with Gasteiger partial charge in [0, 0.05) is 19.6 Å². The third-order valence-corrected chi connectivity index (χ3v) is 4.67. The summed E-state index contributed by atoms with van der Waals surface area (Å²) in [5, 5.41) is 2.78. The molecule has 1 fully saturated rings. The van der Waals surface area contributed by atoms with Crippen LogP contribution in [-0.2, 0) is 11.3 Å². The molecule has 23 heavy (non-hydrogen) atoms. The number of nitrogens with zero attached hydrogens (tertiary/aromatic N) is 3. The number of aromatic nitrogens is 2. The van der Waals surface area contributed by atoms with Gasteiger partial charge in [0.25, 0.3) is 0 Å². The van der Waals surface area contributed by atoms with Crippen LogP contribution in [0.25, 0.3) is 11.0 Å². The molecule has 1 saturated heterocycles. The Morgan fingerprint density at radius 2 is 2.17 bits per heavy atom. The zero-order chi connectivity index (χ0) is 16.4. The van der Waals surface area contributed by atoms with Crippen molar-refractivity contribution in [3.05, 3.63) is 30.1 Å². The Kier molecular flexibility index (Phi) is 4.66. The highest BCUT2D eigenvalue weighted by molar-refractivity contribution is 5.78. The topological polar surface area (TPSA) is 50.2 Å². The number of benzene rings is 1. The van der Waals surface area contributed by atoms with Gasteiger partial charge in [-0.25, -0.2) is 4.98 Å². The van der Waals surface area contributed by atoms with E-state index in [0.717, 1.165) is 43.8 Å². The average Bonchev–Trinajstić information content (AvgIpc) is 2.92. The van der Waals surface area contributed by atoms with Gasteiger partial charge in [-0.05, 0) is 45.4 Å². The lowest BCUT2D eigenvalue weighted by atomic mass is 9.97. The van der Waals surface area contributed by atoms with Crippen LogP contribution in [-0.4, -0.2) is 40.5 Å². The number of fused-ring (bicyclic) bond motifs is 1. The molecular formula is C18H26N4O. The van der Waals surface area contributed by atoms with Gasteiger partial charge in [0.05, 0.1) is 23.5 Å². The van der Waals surface area contributed by atoms with E-state index in [2.05, 4.69) is 46.8 Å². The third kappa shape index (κ3) is 3.24. The van der Waals surface area contributed by atoms with Gasteiger partial charge in [-0.15, -0.1) is 0 Å². The summed E-state index contributed by atoms with van der Waals surface area (Å²) >= 11 is 0. The second kappa shape index (κ2) is 6.71. The fourth-order valence-corrected chi connectivity index (χ4v) is 3.60. The van der Waals surface area contributed by atoms with Crippen molar-refractivity contribution in [3.63, 3.8) is 0 Å². The van der Waals surface area contributed by atoms with Gasteiger partial charge in [0.15, 0.2) is 0 Å². The van der Waals surface area contributed by atoms with E-state index in [-0.39, 0.29) is 11.8 Å². The van der Waals surface area contributed by atoms with Crippen molar-refractivity contribution in [2.45, 2.75) is 39.3 Å². The molecule has 0 saturated carbocycles. The molecule has 0 aliphatic carbocycles. The SMILES string of the molecule is CNC(=O)[C@@H]1CCCN(Cc2nc3ccccc3n2C(C)C)C1. The van der Waals surface area contributed by atoms with Crippen molar-refractivity contribution in [3.8, 4) is 0 Å². The maximum Gasteiger partial charge on any atom is 0.224 e. The lowest BCUT2D eigenvalue weighted by molar-refractivity contribution is -0.126. The number of imidazole rings is 1. The first-order valence-corrected chi connectivity index (χ1v) is 8.50. The van der Waals surface area contributed by atoms with Crippen molar-refractivity contribution in [1.82, 2.24) is 19.8 Å². The summed E-state index contributed by atoms with van der Waals surface area (Å²) < 4.78 is 2.32. The highest BCUT2D eigenvalue weighted by Gasteiger charge is 2.26. The molecule has 2 heterocycles. The molecule has 0 unspecified atom stereocenters. The molecule has 1 aliphatic heterocycles. The van der Waals surface area contributed by atoms with E-state index < -0.39 is 0 Å². The number of hydrogen-bond donors (Lipinski definition) is 1. The molecule has 1 atom stereocenters. The van der Waals surface area contributed by atoms with Crippen molar-refractivity contribution in [1.29, 1.82) is 0 Å². The number of para-hydroxylation sites is 2. The first kappa shape index (κ1) is 16.0. The van der Waals surface area contributed by atoms with Crippen LogP contribution in [0.5, 0.6) is 0 Å². The Hall–Kier alpha value is -1.88. The standard InChI is InChI=1S/C18H26N4O/c1-13(2)22-16-9-5-4-8-15(16)20-17(22)12-21-10-6-7-14(11-21)18(23)19-3/h4-5,8-9,13-14H,6-7,10-12H2,1-3H3,(H,19,23)/t14-/m1/s1. The van der Waals surface area contributed by atoms with Crippen LogP contribution in [0.3, 0.4) is 0 Å². The van der Waals surface area contributed by atoms with E-state index in [1.54, 1.807) is 7.05 Å². The molecule has 0 spiro atoms. The van der Waals surface area contributed by atoms with Crippen LogP contribution in [0.15, 0.2) is 24.3 Å². The maximum atomic E-state index is 11.9. The first-order chi connectivity index (χ1) is 11.1. The number of hydrogen-bond acceptors (Lipinski definition) is 3. The highest BCUT2D eigenvalue weighted by Crippen LogP contribution is 2.24. The smallest absolute Gasteiger partial charge is 0.224 e. The molecular weight excluding hydrogens is 288 g/mol. The van der Waals surface area contributed by atoms with Crippen molar-refractivity contribution >= 4 is 16.9 Å². The van der Waals surface area contributed by atoms with Crippen LogP contribution < -0.4 is 5.32 Å². The van der Waals surface area contributed by atoms with Crippen LogP contribution in [0, 0.1) is 5.92 Å². The second-order valence-corrected chi connectivity index (χ2v) is 6.67. The Morgan fingerprint density at radius 3 is 2.91 bits per heavy atom. The number of carbonyl (C=O) groups excluding carboxylic acids is 1. The number of rotatable bonds is 4. The Labute approximate surface area is 137 Å². The average molecular weight is 314 g/mol. The van der Waals surface area contributed by atoms with Crippen molar-refractivity contribution < 1.29 is 4.79 Å². The molecule has 124 valence electrons. The lowest BCUT2D eigenvalue weighted by Gasteiger charge is -2.31. The summed E-state index contributed by atoms with van der Waals surface area (Å²) in [6, 6.07) is 8.68. The summed E-state index contributed by atoms with van der Waals surface area (Å²) in [6.45, 7) is 7.05. The summed E-state index contributed by atoms with van der Waals surface area (Å²) in [7, 11) is 1.72. The predicted octanol–water partition coefficient (Wildman–Crippen LogP) is 2.58. The van der Waals surface area contributed by atoms with Crippen molar-refractivity contribution in [2.24, 2.45) is 5.92 Å². The molecule has 1 aromatic heterocycles. The fraction of sp³-hybridized carbons (Fsp3) is 0.556. The van der Waals surface area contributed by atoms with Crippen molar-refractivity contribution in [2.75, 3.05) is 20.1 Å². The molecule has 0 bridgehead atoms. The van der Waals surface area contributed by atoms with E-state index in [0.29, 0.717) is 6.04 Å². The molecule has 1 aromatic carbocycles. The molecule has 2 aromatic rings. The largest absolute Gasteiger partial charge is 0.359 e. The second-order valence-electron chi connectivity index (χ2n) is 6.67. The van der Waals surface area contributed by atoms with E-state index in [1.807, 2.05) is 6.07 Å². The van der Waals surface area contributed by atoms with E-state index in [9.17, 15) is 4.79 Å². The van der Waals surface area contributed by atoms with Crippen LogP contribution in [0.2, 0.25) is 0 Å². The third-order valence-electron chi connectivity index (χ3n) is 4.67. The molecule has 1 aliphatic rings. The monoisotopic (exact) mass is 314 g/mol. The lowest BCUT2D eigenvalue weighted by Crippen LogP contribution is -2.42. The zero-order valence-corrected chi connectivity index (χ0v) is 14.2. The van der Waals surface area contributed by atoms with E-state index in [4.69, 9.17) is 4.98 Å². The van der Waals surface area contributed by atoms with Gasteiger partial charge in [-0.3, -0.25) is 9.69 Å². The van der Waals surface area contributed by atoms with E-state index >= 15 is 0 Å². The minimum atomic E-state index is 0.102. The van der Waals surface area contributed by atoms with Gasteiger partial charge >= 0.3 is 0 Å². The molecule has 0 radical (unpaired) electrons. The number of piperidine rings is 1. The quantitative estimate of drug-likeness (QED) is 0.943. The minimum absolute atomic E-state index is 0.102. The summed E-state index contributed by atoms with van der Waals surface area (Å²) in [5.74, 6) is 1.36. The number of carbonyl (C=O) groups is 1. The van der Waals surface area contributed by atoms with Crippen LogP contribution >= 0.6 is 0 Å². The molecule has 3 rings (SSSR count). The van der Waals surface area contributed by atoms with Crippen LogP contribution in [0.1, 0.15) is 38.6 Å². The van der Waals surface area contributed by atoms with Gasteiger partial charge in [-0.1, -0.05) is 12.1 Å². The number of amides is 1. The number of nitrogens with one attached hydrogen (secondary N) is 1. The van der Waals surface area contributed by atoms with Crippen LogP contribution in [0.4, 0.5) is 0 Å². The summed E-state index contributed by atoms with van der Waals surface area (Å²) in [6.07, 6.45) is 2.05. The minimum Gasteiger partial charge on any atom is -0.359 e. The Bertz CT molecular complexity index is 691. The molecule has 1 amide bonds. The zero-order valence-electron chi connectivity index (χ0n) is 14.2. The fourth-order valence-electron chi connectivity index (χ4n) is 3.60. The number of likely N-dealkylation sites (tertiary alicyclic amines) is 1. The Morgan fingerprint density at radius 1 is 1.39 bits per heavy atom. The predicted molar refractivity (Wildman–Crippen MR) is 92.2 cm³/mol. The van der Waals surface area contributed by atoms with Gasteiger partial charge < -0.3 is 9.88 Å². The van der Waals surface area contributed by atoms with Gasteiger partial charge in [-0.2, -0.15) is 0 Å². The van der Waals surface area contributed by atoms with Gasteiger partial charge in [0.2, 0.25) is 5.91 Å². The summed E-state index contributed by atoms with van der Waals surface area (Å²) in [4.78, 5) is 19.1. The molecule has 5 nitrogen and oxygen atoms in total. The van der Waals surface area contributed by atoms with E-state index in [1.165, 1.54) is 5.52 Å². The normalized spacial score (nSPS) is 19.4. The first-order valence-electron chi connectivity index (χ1n) is 8.50. The highest BCUT2D eigenvalue weighted by atomic mass is 16.1.